The number of fused-ring (bicyclic) bond motifs is 5. The van der Waals surface area contributed by atoms with E-state index in [4.69, 9.17) is 4.74 Å². The van der Waals surface area contributed by atoms with Crippen molar-refractivity contribution in [2.24, 2.45) is 40.4 Å². The second-order valence-electron chi connectivity index (χ2n) is 11.7. The van der Waals surface area contributed by atoms with Crippen LogP contribution in [0.5, 0.6) is 0 Å². The Balaban J connectivity index is 1.38. The zero-order valence-electron chi connectivity index (χ0n) is 19.9. The van der Waals surface area contributed by atoms with Gasteiger partial charge in [-0.2, -0.15) is 0 Å². The molecule has 0 bridgehead atoms. The van der Waals surface area contributed by atoms with Crippen molar-refractivity contribution in [3.8, 4) is 0 Å². The average Bonchev–Trinajstić information content (AvgIpc) is 3.08. The predicted molar refractivity (Wildman–Crippen MR) is 122 cm³/mol. The molecule has 3 nitrogen and oxygen atoms in total. The fraction of sp³-hybridized carbons (Fsp3) is 0.714. The second kappa shape index (κ2) is 7.18. The third-order valence-corrected chi connectivity index (χ3v) is 10.6. The van der Waals surface area contributed by atoms with Gasteiger partial charge in [-0.05, 0) is 99.5 Å². The van der Waals surface area contributed by atoms with Gasteiger partial charge in [-0.1, -0.05) is 38.0 Å². The van der Waals surface area contributed by atoms with Crippen LogP contribution in [0.15, 0.2) is 34.9 Å². The van der Waals surface area contributed by atoms with Crippen LogP contribution in [0.25, 0.3) is 0 Å². The molecule has 0 N–H and O–H groups in total. The lowest BCUT2D eigenvalue weighted by Crippen LogP contribution is -2.51. The molecule has 4 aliphatic carbocycles. The van der Waals surface area contributed by atoms with Gasteiger partial charge in [0.15, 0.2) is 5.78 Å². The van der Waals surface area contributed by atoms with Gasteiger partial charge >= 0.3 is 5.97 Å². The number of allylic oxidation sites excluding steroid dienone is 4. The fourth-order valence-corrected chi connectivity index (χ4v) is 8.55. The van der Waals surface area contributed by atoms with Gasteiger partial charge in [-0.15, -0.1) is 0 Å². The summed E-state index contributed by atoms with van der Waals surface area (Å²) in [5, 5.41) is 0. The highest BCUT2D eigenvalue weighted by atomic mass is 16.5. The van der Waals surface area contributed by atoms with Crippen molar-refractivity contribution < 1.29 is 14.3 Å². The van der Waals surface area contributed by atoms with E-state index in [0.717, 1.165) is 30.3 Å². The zero-order valence-corrected chi connectivity index (χ0v) is 19.9. The fourth-order valence-electron chi connectivity index (χ4n) is 8.55. The molecule has 8 atom stereocenters. The van der Waals surface area contributed by atoms with E-state index in [1.807, 2.05) is 19.1 Å². The van der Waals surface area contributed by atoms with Crippen molar-refractivity contribution in [1.29, 1.82) is 0 Å². The van der Waals surface area contributed by atoms with Crippen molar-refractivity contribution in [3.05, 3.63) is 34.9 Å². The first-order valence-corrected chi connectivity index (χ1v) is 12.5. The SMILES string of the molecule is CC1=C(C)C(=O)OC([C@@H](C)C2CCC3C4CCC5=CC(=O)C=C[C@]5(C)C4CC[C@@]32C)C1. The monoisotopic (exact) mass is 422 g/mol. The summed E-state index contributed by atoms with van der Waals surface area (Å²) in [6.07, 6.45) is 14.3. The minimum absolute atomic E-state index is 0.0280. The molecule has 1 heterocycles. The van der Waals surface area contributed by atoms with Crippen molar-refractivity contribution >= 4 is 11.8 Å². The lowest BCUT2D eigenvalue weighted by Gasteiger charge is -2.57. The van der Waals surface area contributed by atoms with E-state index in [2.05, 4.69) is 33.8 Å². The lowest BCUT2D eigenvalue weighted by molar-refractivity contribution is -0.151. The topological polar surface area (TPSA) is 43.4 Å². The summed E-state index contributed by atoms with van der Waals surface area (Å²) in [6, 6.07) is 0. The minimum Gasteiger partial charge on any atom is -0.458 e. The van der Waals surface area contributed by atoms with E-state index in [-0.39, 0.29) is 23.3 Å². The molecule has 0 amide bonds. The normalized spacial score (nSPS) is 45.5. The Bertz CT molecular complexity index is 907. The standard InChI is InChI=1S/C28H38O3/c1-16-14-25(31-26(30)17(16)2)18(3)22-8-9-23-21-7-6-19-15-20(29)10-12-27(19,4)24(21)11-13-28(22,23)5/h10,12,15,18,21-25H,6-9,11,13-14H2,1-5H3/t18-,21?,22?,23?,24?,25?,27-,28+/m0/s1. The average molecular weight is 423 g/mol. The summed E-state index contributed by atoms with van der Waals surface area (Å²) in [7, 11) is 0. The summed E-state index contributed by atoms with van der Waals surface area (Å²) in [5.41, 5.74) is 3.79. The summed E-state index contributed by atoms with van der Waals surface area (Å²) in [6.45, 7) is 11.3. The maximum atomic E-state index is 12.4. The van der Waals surface area contributed by atoms with Crippen LogP contribution in [-0.2, 0) is 14.3 Å². The van der Waals surface area contributed by atoms with Gasteiger partial charge in [-0.25, -0.2) is 4.79 Å². The van der Waals surface area contributed by atoms with E-state index in [1.54, 1.807) is 0 Å². The van der Waals surface area contributed by atoms with Crippen molar-refractivity contribution in [2.45, 2.75) is 85.7 Å². The Kier molecular flexibility index (Phi) is 4.92. The first-order valence-electron chi connectivity index (χ1n) is 12.5. The zero-order chi connectivity index (χ0) is 22.1. The molecule has 31 heavy (non-hydrogen) atoms. The van der Waals surface area contributed by atoms with Crippen molar-refractivity contribution in [3.63, 3.8) is 0 Å². The molecule has 168 valence electrons. The molecule has 3 heteroatoms. The molecule has 5 aliphatic rings. The van der Waals surface area contributed by atoms with Crippen LogP contribution in [-0.4, -0.2) is 17.9 Å². The summed E-state index contributed by atoms with van der Waals surface area (Å²) >= 11 is 0. The summed E-state index contributed by atoms with van der Waals surface area (Å²) < 4.78 is 5.93. The molecule has 1 aliphatic heterocycles. The van der Waals surface area contributed by atoms with Crippen LogP contribution in [0.3, 0.4) is 0 Å². The summed E-state index contributed by atoms with van der Waals surface area (Å²) in [4.78, 5) is 24.3. The molecule has 0 aromatic heterocycles. The molecule has 0 spiro atoms. The van der Waals surface area contributed by atoms with E-state index in [0.29, 0.717) is 23.2 Å². The Labute approximate surface area is 187 Å². The van der Waals surface area contributed by atoms with Gasteiger partial charge in [0.25, 0.3) is 0 Å². The van der Waals surface area contributed by atoms with Gasteiger partial charge in [0.05, 0.1) is 0 Å². The highest BCUT2D eigenvalue weighted by Gasteiger charge is 2.59. The highest BCUT2D eigenvalue weighted by molar-refractivity contribution is 6.01. The molecular weight excluding hydrogens is 384 g/mol. The maximum Gasteiger partial charge on any atom is 0.333 e. The molecule has 0 saturated heterocycles. The molecule has 5 rings (SSSR count). The van der Waals surface area contributed by atoms with E-state index in [9.17, 15) is 9.59 Å². The number of ether oxygens (including phenoxy) is 1. The molecule has 0 aromatic carbocycles. The summed E-state index contributed by atoms with van der Waals surface area (Å²) in [5.74, 6) is 3.24. The molecule has 0 radical (unpaired) electrons. The van der Waals surface area contributed by atoms with E-state index in [1.165, 1.54) is 43.3 Å². The number of cyclic esters (lactones) is 1. The van der Waals surface area contributed by atoms with Gasteiger partial charge in [0, 0.05) is 17.4 Å². The number of carbonyl (C=O) groups excluding carboxylic acids is 2. The molecule has 3 saturated carbocycles. The Morgan fingerprint density at radius 1 is 1.06 bits per heavy atom. The Morgan fingerprint density at radius 3 is 2.58 bits per heavy atom. The first-order chi connectivity index (χ1) is 14.6. The van der Waals surface area contributed by atoms with Crippen LogP contribution in [0.4, 0.5) is 0 Å². The van der Waals surface area contributed by atoms with Gasteiger partial charge in [0.2, 0.25) is 0 Å². The number of esters is 1. The smallest absolute Gasteiger partial charge is 0.333 e. The van der Waals surface area contributed by atoms with Crippen LogP contribution in [0.2, 0.25) is 0 Å². The number of carbonyl (C=O) groups is 2. The van der Waals surface area contributed by atoms with Crippen LogP contribution >= 0.6 is 0 Å². The first kappa shape index (κ1) is 21.2. The Hall–Kier alpha value is -1.64. The lowest BCUT2D eigenvalue weighted by atomic mass is 9.47. The number of ketones is 1. The highest BCUT2D eigenvalue weighted by Crippen LogP contribution is 2.67. The molecule has 0 aromatic rings. The van der Waals surface area contributed by atoms with Crippen molar-refractivity contribution in [2.75, 3.05) is 0 Å². The quantitative estimate of drug-likeness (QED) is 0.498. The number of rotatable bonds is 2. The maximum absolute atomic E-state index is 12.4. The third-order valence-electron chi connectivity index (χ3n) is 10.6. The van der Waals surface area contributed by atoms with Gasteiger partial charge in [-0.3, -0.25) is 4.79 Å². The molecule has 5 unspecified atom stereocenters. The molecule has 3 fully saturated rings. The molecular formula is C28H38O3. The second-order valence-corrected chi connectivity index (χ2v) is 11.7. The van der Waals surface area contributed by atoms with Gasteiger partial charge < -0.3 is 4.74 Å². The van der Waals surface area contributed by atoms with Gasteiger partial charge in [0.1, 0.15) is 6.10 Å². The largest absolute Gasteiger partial charge is 0.458 e. The predicted octanol–water partition coefficient (Wildman–Crippen LogP) is 6.20. The number of hydrogen-bond donors (Lipinski definition) is 0. The third kappa shape index (κ3) is 3.05. The number of hydrogen-bond acceptors (Lipinski definition) is 3. The van der Waals surface area contributed by atoms with Crippen LogP contribution in [0, 0.1) is 40.4 Å². The van der Waals surface area contributed by atoms with Crippen molar-refractivity contribution in [1.82, 2.24) is 0 Å². The van der Waals surface area contributed by atoms with E-state index < -0.39 is 0 Å². The van der Waals surface area contributed by atoms with E-state index >= 15 is 0 Å². The van der Waals surface area contributed by atoms with Crippen LogP contribution in [0.1, 0.15) is 79.6 Å². The Morgan fingerprint density at radius 2 is 1.84 bits per heavy atom. The minimum atomic E-state index is -0.109. The van der Waals surface area contributed by atoms with Crippen LogP contribution < -0.4 is 0 Å².